The average Bonchev–Trinajstić information content (AvgIpc) is 2.65. The average molecular weight is 356 g/mol. The highest BCUT2D eigenvalue weighted by Gasteiger charge is 2.30. The van der Waals surface area contributed by atoms with Gasteiger partial charge in [0.25, 0.3) is 5.92 Å². The van der Waals surface area contributed by atoms with Crippen molar-refractivity contribution in [3.8, 4) is 0 Å². The fraction of sp³-hybridized carbons (Fsp3) is 0.235. The molecule has 9 heteroatoms. The molecule has 1 aromatic carbocycles. The van der Waals surface area contributed by atoms with Crippen LogP contribution in [0.1, 0.15) is 11.1 Å². The zero-order valence-corrected chi connectivity index (χ0v) is 13.9. The number of aliphatic hydroxyl groups excluding tert-OH is 1. The summed E-state index contributed by atoms with van der Waals surface area (Å²) in [4.78, 5) is 20.1. The summed E-state index contributed by atoms with van der Waals surface area (Å²) in [5.74, 6) is -2.87. The van der Waals surface area contributed by atoms with E-state index in [0.717, 1.165) is 0 Å². The maximum absolute atomic E-state index is 13.6. The number of fused-ring (bicyclic) bond motifs is 1. The van der Waals surface area contributed by atoms with Crippen molar-refractivity contribution in [1.82, 2.24) is 14.5 Å². The number of anilines is 1. The van der Waals surface area contributed by atoms with Crippen LogP contribution in [0.3, 0.4) is 0 Å². The van der Waals surface area contributed by atoms with Gasteiger partial charge in [-0.1, -0.05) is 18.2 Å². The van der Waals surface area contributed by atoms with E-state index in [2.05, 4.69) is 15.3 Å². The minimum Gasteiger partial charge on any atom is -0.390 e. The maximum Gasteiger partial charge on any atom is 0.295 e. The summed E-state index contributed by atoms with van der Waals surface area (Å²) in [5, 5.41) is 12.4. The molecule has 0 unspecified atom stereocenters. The quantitative estimate of drug-likeness (QED) is 0.662. The van der Waals surface area contributed by atoms with Gasteiger partial charge < -0.3 is 10.4 Å². The smallest absolute Gasteiger partial charge is 0.295 e. The fourth-order valence-electron chi connectivity index (χ4n) is 2.62. The van der Waals surface area contributed by atoms with Crippen molar-refractivity contribution in [2.75, 3.05) is 11.9 Å². The van der Waals surface area contributed by atoms with Crippen LogP contribution in [0.4, 0.5) is 14.6 Å². The number of hydrogen-bond donors (Lipinski definition) is 2. The van der Waals surface area contributed by atoms with Crippen molar-refractivity contribution < 1.29 is 13.9 Å². The highest BCUT2D eigenvalue weighted by atomic mass is 19.3. The number of halogens is 2. The Morgan fingerprint density at radius 1 is 1.31 bits per heavy atom. The lowest BCUT2D eigenvalue weighted by Crippen LogP contribution is -2.33. The Morgan fingerprint density at radius 2 is 2.08 bits per heavy atom. The van der Waals surface area contributed by atoms with E-state index in [0.29, 0.717) is 22.4 Å². The topological polar surface area (TPSA) is 80.0 Å². The second-order valence-electron chi connectivity index (χ2n) is 5.84. The SMILES string of the molecule is [B]c1cc2c(NCc3cccc(C(F)(F)CO)c3)ncnc2n(C)c1=O. The molecule has 0 saturated heterocycles. The second-order valence-corrected chi connectivity index (χ2v) is 5.84. The van der Waals surface area contributed by atoms with E-state index in [9.17, 15) is 13.6 Å². The van der Waals surface area contributed by atoms with Crippen LogP contribution in [0, 0.1) is 0 Å². The van der Waals surface area contributed by atoms with Crippen LogP contribution in [-0.4, -0.2) is 34.1 Å². The van der Waals surface area contributed by atoms with E-state index in [4.69, 9.17) is 13.0 Å². The Balaban J connectivity index is 1.92. The van der Waals surface area contributed by atoms with Crippen LogP contribution in [0.15, 0.2) is 41.5 Å². The van der Waals surface area contributed by atoms with E-state index in [1.165, 1.54) is 35.2 Å². The molecule has 0 aliphatic carbocycles. The number of aryl methyl sites for hydroxylation is 1. The summed E-state index contributed by atoms with van der Waals surface area (Å²) >= 11 is 0. The number of nitrogens with zero attached hydrogens (tertiary/aromatic N) is 3. The summed E-state index contributed by atoms with van der Waals surface area (Å²) in [6, 6.07) is 7.23. The Hall–Kier alpha value is -2.81. The minimum atomic E-state index is -3.30. The van der Waals surface area contributed by atoms with Crippen molar-refractivity contribution in [2.24, 2.45) is 7.05 Å². The lowest BCUT2D eigenvalue weighted by Gasteiger charge is -2.15. The molecule has 0 amide bonds. The van der Waals surface area contributed by atoms with Gasteiger partial charge in [0.2, 0.25) is 5.56 Å². The summed E-state index contributed by atoms with van der Waals surface area (Å²) in [6.45, 7) is -1.04. The third-order valence-electron chi connectivity index (χ3n) is 4.04. The van der Waals surface area contributed by atoms with Gasteiger partial charge in [0.1, 0.15) is 32.2 Å². The van der Waals surface area contributed by atoms with Crippen molar-refractivity contribution >= 4 is 30.2 Å². The summed E-state index contributed by atoms with van der Waals surface area (Å²) < 4.78 is 28.6. The van der Waals surface area contributed by atoms with Gasteiger partial charge in [-0.3, -0.25) is 9.36 Å². The van der Waals surface area contributed by atoms with Crippen molar-refractivity contribution in [1.29, 1.82) is 0 Å². The molecule has 3 rings (SSSR count). The predicted octanol–water partition coefficient (Wildman–Crippen LogP) is 0.818. The Morgan fingerprint density at radius 3 is 2.81 bits per heavy atom. The number of hydrogen-bond acceptors (Lipinski definition) is 5. The highest BCUT2D eigenvalue weighted by molar-refractivity contribution is 6.32. The van der Waals surface area contributed by atoms with Crippen LogP contribution in [0.25, 0.3) is 11.0 Å². The molecule has 2 heterocycles. The highest BCUT2D eigenvalue weighted by Crippen LogP contribution is 2.28. The molecule has 0 aliphatic rings. The molecule has 2 N–H and O–H groups in total. The van der Waals surface area contributed by atoms with E-state index >= 15 is 0 Å². The van der Waals surface area contributed by atoms with Gasteiger partial charge in [0, 0.05) is 19.2 Å². The van der Waals surface area contributed by atoms with E-state index < -0.39 is 12.5 Å². The molecular weight excluding hydrogens is 341 g/mol. The van der Waals surface area contributed by atoms with Crippen LogP contribution >= 0.6 is 0 Å². The molecule has 0 saturated carbocycles. The van der Waals surface area contributed by atoms with Gasteiger partial charge in [-0.05, 0) is 23.2 Å². The van der Waals surface area contributed by atoms with Crippen molar-refractivity contribution in [2.45, 2.75) is 12.5 Å². The molecule has 0 fully saturated rings. The van der Waals surface area contributed by atoms with Crippen molar-refractivity contribution in [3.05, 3.63) is 58.1 Å². The molecule has 132 valence electrons. The first-order valence-electron chi connectivity index (χ1n) is 7.75. The molecule has 2 radical (unpaired) electrons. The first-order valence-corrected chi connectivity index (χ1v) is 7.75. The molecular formula is C17H15BF2N4O2. The fourth-order valence-corrected chi connectivity index (χ4v) is 2.62. The van der Waals surface area contributed by atoms with Crippen LogP contribution in [0.5, 0.6) is 0 Å². The lowest BCUT2D eigenvalue weighted by molar-refractivity contribution is -0.0556. The summed E-state index contributed by atoms with van der Waals surface area (Å²) in [6.07, 6.45) is 1.30. The predicted molar refractivity (Wildman–Crippen MR) is 94.9 cm³/mol. The minimum absolute atomic E-state index is 0.0578. The molecule has 6 nitrogen and oxygen atoms in total. The third-order valence-corrected chi connectivity index (χ3v) is 4.04. The summed E-state index contributed by atoms with van der Waals surface area (Å²) in [5.41, 5.74) is 0.421. The number of rotatable bonds is 5. The van der Waals surface area contributed by atoms with E-state index in [-0.39, 0.29) is 23.1 Å². The standard InChI is InChI=1S/C17H15BF2N4O2/c1-24-15-12(6-13(18)16(24)26)14(22-9-23-15)21-7-10-3-2-4-11(5-10)17(19,20)8-25/h2-6,9,25H,7-8H2,1H3,(H,21,22,23). The Bertz CT molecular complexity index is 1020. The summed E-state index contributed by atoms with van der Waals surface area (Å²) in [7, 11) is 7.28. The van der Waals surface area contributed by atoms with Crippen LogP contribution in [0.2, 0.25) is 0 Å². The van der Waals surface area contributed by atoms with Crippen LogP contribution in [-0.2, 0) is 19.5 Å². The van der Waals surface area contributed by atoms with Gasteiger partial charge in [-0.2, -0.15) is 8.78 Å². The molecule has 0 bridgehead atoms. The number of aromatic nitrogens is 3. The molecule has 3 aromatic rings. The first kappa shape index (κ1) is 18.0. The molecule has 2 aromatic heterocycles. The number of pyridine rings is 1. The third kappa shape index (κ3) is 3.30. The van der Waals surface area contributed by atoms with Gasteiger partial charge in [0.05, 0.1) is 5.39 Å². The molecule has 0 atom stereocenters. The zero-order valence-electron chi connectivity index (χ0n) is 13.9. The van der Waals surface area contributed by atoms with Gasteiger partial charge >= 0.3 is 0 Å². The Labute approximate surface area is 148 Å². The monoisotopic (exact) mass is 356 g/mol. The number of alkyl halides is 2. The molecule has 0 spiro atoms. The largest absolute Gasteiger partial charge is 0.390 e. The normalized spacial score (nSPS) is 11.7. The van der Waals surface area contributed by atoms with Gasteiger partial charge in [-0.15, -0.1) is 0 Å². The maximum atomic E-state index is 13.6. The first-order chi connectivity index (χ1) is 12.3. The lowest BCUT2D eigenvalue weighted by atomic mass is 9.97. The van der Waals surface area contributed by atoms with Crippen LogP contribution < -0.4 is 16.3 Å². The molecule has 26 heavy (non-hydrogen) atoms. The zero-order chi connectivity index (χ0) is 18.9. The van der Waals surface area contributed by atoms with Gasteiger partial charge in [0.15, 0.2) is 0 Å². The molecule has 0 aliphatic heterocycles. The van der Waals surface area contributed by atoms with Gasteiger partial charge in [-0.25, -0.2) is 9.97 Å². The second kappa shape index (κ2) is 6.83. The van der Waals surface area contributed by atoms with E-state index in [1.54, 1.807) is 13.1 Å². The van der Waals surface area contributed by atoms with E-state index in [1.807, 2.05) is 0 Å². The number of nitrogens with one attached hydrogen (secondary N) is 1. The number of aliphatic hydroxyl groups is 1. The Kier molecular flexibility index (Phi) is 4.73. The number of benzene rings is 1. The van der Waals surface area contributed by atoms with Crippen molar-refractivity contribution in [3.63, 3.8) is 0 Å².